The predicted molar refractivity (Wildman–Crippen MR) is 108 cm³/mol. The lowest BCUT2D eigenvalue weighted by Crippen LogP contribution is -2.35. The Bertz CT molecular complexity index is 1000. The number of amides is 1. The molecule has 0 aliphatic carbocycles. The van der Waals surface area contributed by atoms with Gasteiger partial charge in [0.15, 0.2) is 0 Å². The van der Waals surface area contributed by atoms with Gasteiger partial charge >= 0.3 is 0 Å². The third-order valence-electron chi connectivity index (χ3n) is 4.66. The minimum atomic E-state index is -0.0229. The Morgan fingerprint density at radius 2 is 1.96 bits per heavy atom. The molecule has 1 aromatic carbocycles. The highest BCUT2D eigenvalue weighted by Crippen LogP contribution is 2.33. The molecule has 3 aromatic rings. The summed E-state index contributed by atoms with van der Waals surface area (Å²) in [6.45, 7) is 3.57. The molecule has 6 nitrogen and oxygen atoms in total. The highest BCUT2D eigenvalue weighted by Gasteiger charge is 2.20. The number of carbonyl (C=O) groups is 1. The number of halogens is 1. The summed E-state index contributed by atoms with van der Waals surface area (Å²) in [5.41, 5.74) is 2.45. The molecule has 1 saturated heterocycles. The first kappa shape index (κ1) is 19.0. The number of pyridine rings is 1. The molecule has 2 aromatic heterocycles. The van der Waals surface area contributed by atoms with E-state index in [0.717, 1.165) is 37.1 Å². The maximum absolute atomic E-state index is 12.6. The maximum Gasteiger partial charge on any atom is 0.283 e. The Labute approximate surface area is 172 Å². The molecule has 28 heavy (non-hydrogen) atoms. The summed E-state index contributed by atoms with van der Waals surface area (Å²) in [6.07, 6.45) is 4.82. The van der Waals surface area contributed by atoms with Gasteiger partial charge in [-0.2, -0.15) is 0 Å². The number of aryl methyl sites for hydroxylation is 1. The first-order valence-electron chi connectivity index (χ1n) is 9.14. The summed E-state index contributed by atoms with van der Waals surface area (Å²) in [5, 5.41) is 9.45. The smallest absolute Gasteiger partial charge is 0.283 e. The molecule has 1 fully saturated rings. The van der Waals surface area contributed by atoms with Gasteiger partial charge in [-0.15, -0.1) is 10.2 Å². The fourth-order valence-electron chi connectivity index (χ4n) is 3.15. The van der Waals surface area contributed by atoms with Gasteiger partial charge in [-0.25, -0.2) is 4.98 Å². The van der Waals surface area contributed by atoms with E-state index in [2.05, 4.69) is 15.2 Å². The second-order valence-corrected chi connectivity index (χ2v) is 8.00. The monoisotopic (exact) mass is 414 g/mol. The van der Waals surface area contributed by atoms with Crippen molar-refractivity contribution >= 4 is 29.3 Å². The quantitative estimate of drug-likeness (QED) is 0.606. The third kappa shape index (κ3) is 4.05. The van der Waals surface area contributed by atoms with Crippen molar-refractivity contribution in [2.75, 3.05) is 13.1 Å². The van der Waals surface area contributed by atoms with E-state index in [1.807, 2.05) is 36.1 Å². The van der Waals surface area contributed by atoms with Crippen LogP contribution in [0.2, 0.25) is 5.02 Å². The molecule has 0 atom stereocenters. The van der Waals surface area contributed by atoms with Crippen LogP contribution in [0.15, 0.2) is 51.2 Å². The first-order chi connectivity index (χ1) is 13.6. The maximum atomic E-state index is 12.6. The van der Waals surface area contributed by atoms with Crippen LogP contribution in [0.1, 0.15) is 35.2 Å². The molecule has 0 saturated carbocycles. The van der Waals surface area contributed by atoms with E-state index in [0.29, 0.717) is 26.7 Å². The van der Waals surface area contributed by atoms with E-state index in [9.17, 15) is 4.79 Å². The second kappa shape index (κ2) is 8.32. The highest BCUT2D eigenvalue weighted by atomic mass is 35.5. The summed E-state index contributed by atoms with van der Waals surface area (Å²) in [7, 11) is 0. The van der Waals surface area contributed by atoms with Gasteiger partial charge in [-0.1, -0.05) is 29.8 Å². The van der Waals surface area contributed by atoms with Crippen molar-refractivity contribution < 1.29 is 9.21 Å². The van der Waals surface area contributed by atoms with Crippen molar-refractivity contribution in [2.24, 2.45) is 0 Å². The van der Waals surface area contributed by atoms with Crippen LogP contribution in [-0.4, -0.2) is 39.1 Å². The van der Waals surface area contributed by atoms with Gasteiger partial charge in [-0.05, 0) is 55.6 Å². The zero-order chi connectivity index (χ0) is 19.5. The normalized spacial score (nSPS) is 14.3. The lowest BCUT2D eigenvalue weighted by Gasteiger charge is -2.26. The Morgan fingerprint density at radius 3 is 2.71 bits per heavy atom. The predicted octanol–water partition coefficient (Wildman–Crippen LogP) is 4.87. The number of benzene rings is 1. The molecule has 0 bridgehead atoms. The standard InChI is InChI=1S/C20H19ClN4O2S/c1-13-7-3-4-8-15(13)17-23-24-20(27-17)28-18-16(21)11-14(12-22-18)19(26)25-9-5-2-6-10-25/h3-4,7-8,11-12H,2,5-6,9-10H2,1H3. The van der Waals surface area contributed by atoms with Gasteiger partial charge in [0.1, 0.15) is 5.03 Å². The van der Waals surface area contributed by atoms with E-state index in [4.69, 9.17) is 16.0 Å². The van der Waals surface area contributed by atoms with Crippen molar-refractivity contribution in [3.05, 3.63) is 52.7 Å². The summed E-state index contributed by atoms with van der Waals surface area (Å²) in [5.74, 6) is 0.430. The molecular weight excluding hydrogens is 396 g/mol. The number of nitrogens with zero attached hydrogens (tertiary/aromatic N) is 4. The van der Waals surface area contributed by atoms with Gasteiger partial charge in [0, 0.05) is 24.8 Å². The largest absolute Gasteiger partial charge is 0.411 e. The molecule has 1 aliphatic heterocycles. The molecule has 0 spiro atoms. The number of likely N-dealkylation sites (tertiary alicyclic amines) is 1. The summed E-state index contributed by atoms with van der Waals surface area (Å²) in [6, 6.07) is 9.47. The lowest BCUT2D eigenvalue weighted by molar-refractivity contribution is 0.0724. The highest BCUT2D eigenvalue weighted by molar-refractivity contribution is 7.99. The van der Waals surface area contributed by atoms with E-state index in [1.165, 1.54) is 18.2 Å². The Morgan fingerprint density at radius 1 is 1.18 bits per heavy atom. The average molecular weight is 415 g/mol. The van der Waals surface area contributed by atoms with Crippen LogP contribution in [0.3, 0.4) is 0 Å². The van der Waals surface area contributed by atoms with Gasteiger partial charge in [-0.3, -0.25) is 4.79 Å². The Balaban J connectivity index is 1.50. The van der Waals surface area contributed by atoms with Crippen LogP contribution in [-0.2, 0) is 0 Å². The van der Waals surface area contributed by atoms with Crippen molar-refractivity contribution in [2.45, 2.75) is 36.4 Å². The molecule has 1 amide bonds. The SMILES string of the molecule is Cc1ccccc1-c1nnc(Sc2ncc(C(=O)N3CCCCC3)cc2Cl)o1. The van der Waals surface area contributed by atoms with Crippen molar-refractivity contribution in [1.82, 2.24) is 20.1 Å². The molecule has 1 aliphatic rings. The van der Waals surface area contributed by atoms with E-state index in [1.54, 1.807) is 12.3 Å². The zero-order valence-corrected chi connectivity index (χ0v) is 17.0. The summed E-state index contributed by atoms with van der Waals surface area (Å²) >= 11 is 7.55. The minimum absolute atomic E-state index is 0.0229. The summed E-state index contributed by atoms with van der Waals surface area (Å²) < 4.78 is 5.75. The number of hydrogen-bond donors (Lipinski definition) is 0. The van der Waals surface area contributed by atoms with Gasteiger partial charge in [0.2, 0.25) is 5.89 Å². The number of piperidine rings is 1. The average Bonchev–Trinajstić information content (AvgIpc) is 3.18. The second-order valence-electron chi connectivity index (χ2n) is 6.65. The van der Waals surface area contributed by atoms with Crippen LogP contribution in [0, 0.1) is 6.92 Å². The molecule has 8 heteroatoms. The molecule has 4 rings (SSSR count). The molecule has 3 heterocycles. The van der Waals surface area contributed by atoms with Crippen LogP contribution in [0.5, 0.6) is 0 Å². The number of rotatable bonds is 4. The fraction of sp³-hybridized carbons (Fsp3) is 0.300. The van der Waals surface area contributed by atoms with Crippen LogP contribution in [0.4, 0.5) is 0 Å². The van der Waals surface area contributed by atoms with Crippen LogP contribution < -0.4 is 0 Å². The topological polar surface area (TPSA) is 72.1 Å². The van der Waals surface area contributed by atoms with Crippen LogP contribution >= 0.6 is 23.4 Å². The Kier molecular flexibility index (Phi) is 5.64. The fourth-order valence-corrected chi connectivity index (χ4v) is 4.06. The molecule has 144 valence electrons. The van der Waals surface area contributed by atoms with E-state index in [-0.39, 0.29) is 5.91 Å². The molecule has 0 unspecified atom stereocenters. The summed E-state index contributed by atoms with van der Waals surface area (Å²) in [4.78, 5) is 18.8. The third-order valence-corrected chi connectivity index (χ3v) is 5.92. The van der Waals surface area contributed by atoms with Gasteiger partial charge < -0.3 is 9.32 Å². The zero-order valence-electron chi connectivity index (χ0n) is 15.4. The van der Waals surface area contributed by atoms with E-state index >= 15 is 0 Å². The number of hydrogen-bond acceptors (Lipinski definition) is 6. The van der Waals surface area contributed by atoms with E-state index < -0.39 is 0 Å². The van der Waals surface area contributed by atoms with Crippen LogP contribution in [0.25, 0.3) is 11.5 Å². The van der Waals surface area contributed by atoms with Gasteiger partial charge in [0.05, 0.1) is 10.6 Å². The van der Waals surface area contributed by atoms with Gasteiger partial charge in [0.25, 0.3) is 11.1 Å². The number of carbonyl (C=O) groups excluding carboxylic acids is 1. The lowest BCUT2D eigenvalue weighted by atomic mass is 10.1. The van der Waals surface area contributed by atoms with Crippen molar-refractivity contribution in [3.63, 3.8) is 0 Å². The molecule has 0 radical (unpaired) electrons. The minimum Gasteiger partial charge on any atom is -0.411 e. The van der Waals surface area contributed by atoms with Crippen molar-refractivity contribution in [1.29, 1.82) is 0 Å². The Hall–Kier alpha value is -2.38. The molecular formula is C20H19ClN4O2S. The number of aromatic nitrogens is 3. The van der Waals surface area contributed by atoms with Crippen molar-refractivity contribution in [3.8, 4) is 11.5 Å². The first-order valence-corrected chi connectivity index (χ1v) is 10.3. The molecule has 0 N–H and O–H groups in total.